The van der Waals surface area contributed by atoms with Crippen molar-refractivity contribution < 1.29 is 14.3 Å². The Morgan fingerprint density at radius 3 is 2.72 bits per heavy atom. The lowest BCUT2D eigenvalue weighted by Crippen LogP contribution is -2.41. The van der Waals surface area contributed by atoms with Crippen LogP contribution < -0.4 is 10.6 Å². The van der Waals surface area contributed by atoms with Gasteiger partial charge < -0.3 is 20.3 Å². The molecular weight excluding hydrogens is 424 g/mol. The molecule has 0 saturated carbocycles. The van der Waals surface area contributed by atoms with Crippen LogP contribution >= 0.6 is 11.3 Å². The lowest BCUT2D eigenvalue weighted by atomic mass is 9.95. The first-order valence-corrected chi connectivity index (χ1v) is 12.8. The number of likely N-dealkylation sites (tertiary alicyclic amines) is 1. The van der Waals surface area contributed by atoms with Crippen LogP contribution in [0.15, 0.2) is 0 Å². The lowest BCUT2D eigenvalue weighted by Gasteiger charge is -2.31. The molecule has 1 fully saturated rings. The molecule has 2 heterocycles. The van der Waals surface area contributed by atoms with Crippen LogP contribution in [0.3, 0.4) is 0 Å². The number of nitrogens with one attached hydrogen (secondary N) is 2. The fourth-order valence-electron chi connectivity index (χ4n) is 4.39. The number of aryl methyl sites for hydroxylation is 1. The smallest absolute Gasteiger partial charge is 0.226 e. The van der Waals surface area contributed by atoms with Gasteiger partial charge in [0.1, 0.15) is 11.1 Å². The second kappa shape index (κ2) is 12.3. The minimum absolute atomic E-state index is 0.0384. The zero-order valence-corrected chi connectivity index (χ0v) is 20.2. The number of carbonyl (C=O) groups excluding carboxylic acids is 2. The summed E-state index contributed by atoms with van der Waals surface area (Å²) >= 11 is 1.57. The molecule has 2 amide bonds. The van der Waals surface area contributed by atoms with Crippen LogP contribution in [0.2, 0.25) is 0 Å². The maximum atomic E-state index is 12.5. The first kappa shape index (κ1) is 24.7. The number of thiophene rings is 1. The average Bonchev–Trinajstić information content (AvgIpc) is 3.14. The summed E-state index contributed by atoms with van der Waals surface area (Å²) in [6.07, 6.45) is 7.34. The number of anilines is 1. The second-order valence-corrected chi connectivity index (χ2v) is 10.1. The van der Waals surface area contributed by atoms with E-state index < -0.39 is 0 Å². The summed E-state index contributed by atoms with van der Waals surface area (Å²) in [5, 5.41) is 16.3. The quantitative estimate of drug-likeness (QED) is 0.522. The van der Waals surface area contributed by atoms with E-state index in [1.54, 1.807) is 11.3 Å². The largest absolute Gasteiger partial charge is 0.379 e. The fourth-order valence-corrected chi connectivity index (χ4v) is 5.64. The van der Waals surface area contributed by atoms with Crippen molar-refractivity contribution in [1.29, 1.82) is 5.26 Å². The van der Waals surface area contributed by atoms with Crippen LogP contribution in [0.5, 0.6) is 0 Å². The zero-order valence-electron chi connectivity index (χ0n) is 19.4. The molecule has 1 aromatic rings. The van der Waals surface area contributed by atoms with Gasteiger partial charge in [-0.1, -0.05) is 0 Å². The number of hydrogen-bond acceptors (Lipinski definition) is 6. The predicted octanol–water partition coefficient (Wildman–Crippen LogP) is 3.47. The molecule has 1 aromatic heterocycles. The SMILES string of the molecule is CC(C)OCCCNC(=O)C1CCN(CCC(=O)Nc2sc3c(c2C#N)CCCC3)CC1. The molecule has 32 heavy (non-hydrogen) atoms. The van der Waals surface area contributed by atoms with Crippen LogP contribution in [-0.4, -0.2) is 55.6 Å². The van der Waals surface area contributed by atoms with Gasteiger partial charge in [0.2, 0.25) is 11.8 Å². The van der Waals surface area contributed by atoms with E-state index in [0.717, 1.165) is 68.6 Å². The molecule has 2 aliphatic rings. The molecule has 2 N–H and O–H groups in total. The van der Waals surface area contributed by atoms with E-state index in [4.69, 9.17) is 4.74 Å². The molecule has 0 radical (unpaired) electrons. The van der Waals surface area contributed by atoms with Crippen molar-refractivity contribution in [2.45, 2.75) is 71.3 Å². The first-order chi connectivity index (χ1) is 15.5. The summed E-state index contributed by atoms with van der Waals surface area (Å²) in [5.41, 5.74) is 1.81. The van der Waals surface area contributed by atoms with E-state index in [1.165, 1.54) is 4.88 Å². The van der Waals surface area contributed by atoms with Crippen LogP contribution in [0.1, 0.15) is 68.4 Å². The summed E-state index contributed by atoms with van der Waals surface area (Å²) in [7, 11) is 0. The summed E-state index contributed by atoms with van der Waals surface area (Å²) in [5.74, 6) is 0.155. The van der Waals surface area contributed by atoms with E-state index in [1.807, 2.05) is 13.8 Å². The molecule has 1 saturated heterocycles. The van der Waals surface area contributed by atoms with Gasteiger partial charge in [-0.3, -0.25) is 9.59 Å². The van der Waals surface area contributed by atoms with Gasteiger partial charge >= 0.3 is 0 Å². The maximum Gasteiger partial charge on any atom is 0.226 e. The number of rotatable bonds is 10. The summed E-state index contributed by atoms with van der Waals surface area (Å²) in [6, 6.07) is 2.30. The highest BCUT2D eigenvalue weighted by Gasteiger charge is 2.25. The van der Waals surface area contributed by atoms with Crippen LogP contribution in [0.4, 0.5) is 5.00 Å². The Bertz CT molecular complexity index is 822. The van der Waals surface area contributed by atoms with Gasteiger partial charge in [-0.2, -0.15) is 5.26 Å². The van der Waals surface area contributed by atoms with Gasteiger partial charge in [0.15, 0.2) is 0 Å². The highest BCUT2D eigenvalue weighted by Crippen LogP contribution is 2.37. The minimum Gasteiger partial charge on any atom is -0.379 e. The monoisotopic (exact) mass is 460 g/mol. The Morgan fingerprint density at radius 1 is 1.25 bits per heavy atom. The molecule has 1 aliphatic carbocycles. The van der Waals surface area contributed by atoms with Crippen LogP contribution in [-0.2, 0) is 27.2 Å². The van der Waals surface area contributed by atoms with Gasteiger partial charge in [-0.15, -0.1) is 11.3 Å². The Morgan fingerprint density at radius 2 is 2.00 bits per heavy atom. The molecule has 8 heteroatoms. The molecule has 176 valence electrons. The summed E-state index contributed by atoms with van der Waals surface area (Å²) < 4.78 is 5.50. The zero-order chi connectivity index (χ0) is 22.9. The van der Waals surface area contributed by atoms with E-state index in [9.17, 15) is 14.9 Å². The highest BCUT2D eigenvalue weighted by atomic mass is 32.1. The van der Waals surface area contributed by atoms with Crippen molar-refractivity contribution in [3.63, 3.8) is 0 Å². The Kier molecular flexibility index (Phi) is 9.51. The van der Waals surface area contributed by atoms with E-state index in [2.05, 4.69) is 21.6 Å². The van der Waals surface area contributed by atoms with Crippen molar-refractivity contribution in [2.75, 3.05) is 38.1 Å². The summed E-state index contributed by atoms with van der Waals surface area (Å²) in [6.45, 7) is 7.69. The van der Waals surface area contributed by atoms with Crippen LogP contribution in [0.25, 0.3) is 0 Å². The van der Waals surface area contributed by atoms with E-state index in [0.29, 0.717) is 31.7 Å². The van der Waals surface area contributed by atoms with Gasteiger partial charge in [-0.25, -0.2) is 0 Å². The van der Waals surface area contributed by atoms with Crippen molar-refractivity contribution in [3.05, 3.63) is 16.0 Å². The molecule has 3 rings (SSSR count). The maximum absolute atomic E-state index is 12.5. The molecule has 0 atom stereocenters. The standard InChI is InChI=1S/C24H36N4O3S/c1-17(2)31-15-5-11-26-23(30)18-8-12-28(13-9-18)14-10-22(29)27-24-20(16-25)19-6-3-4-7-21(19)32-24/h17-18H,3-15H2,1-2H3,(H,26,30)(H,27,29). The third kappa shape index (κ3) is 7.03. The topological polar surface area (TPSA) is 94.5 Å². The van der Waals surface area contributed by atoms with Gasteiger partial charge in [0.05, 0.1) is 11.7 Å². The summed E-state index contributed by atoms with van der Waals surface area (Å²) in [4.78, 5) is 28.4. The number of nitrogens with zero attached hydrogens (tertiary/aromatic N) is 2. The molecule has 7 nitrogen and oxygen atoms in total. The average molecular weight is 461 g/mol. The van der Waals surface area contributed by atoms with E-state index in [-0.39, 0.29) is 23.8 Å². The van der Waals surface area contributed by atoms with Crippen molar-refractivity contribution in [2.24, 2.45) is 5.92 Å². The third-order valence-corrected chi connectivity index (χ3v) is 7.43. The molecule has 0 bridgehead atoms. The highest BCUT2D eigenvalue weighted by molar-refractivity contribution is 7.16. The molecular formula is C24H36N4O3S. The predicted molar refractivity (Wildman–Crippen MR) is 127 cm³/mol. The number of amides is 2. The minimum atomic E-state index is -0.0384. The second-order valence-electron chi connectivity index (χ2n) is 9.01. The van der Waals surface area contributed by atoms with Gasteiger partial charge in [0.25, 0.3) is 0 Å². The molecule has 0 spiro atoms. The van der Waals surface area contributed by atoms with E-state index >= 15 is 0 Å². The number of piperidine rings is 1. The van der Waals surface area contributed by atoms with Crippen molar-refractivity contribution >= 4 is 28.2 Å². The number of hydrogen-bond donors (Lipinski definition) is 2. The number of ether oxygens (including phenoxy) is 1. The number of fused-ring (bicyclic) bond motifs is 1. The fraction of sp³-hybridized carbons (Fsp3) is 0.708. The third-order valence-electron chi connectivity index (χ3n) is 6.22. The van der Waals surface area contributed by atoms with Crippen molar-refractivity contribution in [3.8, 4) is 6.07 Å². The Balaban J connectivity index is 1.35. The molecule has 0 aromatic carbocycles. The Labute approximate surface area is 195 Å². The lowest BCUT2D eigenvalue weighted by molar-refractivity contribution is -0.126. The first-order valence-electron chi connectivity index (χ1n) is 11.9. The van der Waals surface area contributed by atoms with Gasteiger partial charge in [-0.05, 0) is 77.4 Å². The number of nitriles is 1. The van der Waals surface area contributed by atoms with Crippen molar-refractivity contribution in [1.82, 2.24) is 10.2 Å². The normalized spacial score (nSPS) is 17.1. The number of carbonyl (C=O) groups is 2. The molecule has 0 unspecified atom stereocenters. The molecule has 1 aliphatic heterocycles. The Hall–Kier alpha value is -1.95. The van der Waals surface area contributed by atoms with Crippen LogP contribution in [0, 0.1) is 17.2 Å². The van der Waals surface area contributed by atoms with Gasteiger partial charge in [0, 0.05) is 36.9 Å².